The Hall–Kier alpha value is -2.66. The second-order valence-electron chi connectivity index (χ2n) is 4.42. The van der Waals surface area contributed by atoms with Gasteiger partial charge in [-0.2, -0.15) is 5.10 Å². The number of aromatic carboxylic acids is 1. The Morgan fingerprint density at radius 2 is 1.86 bits per heavy atom. The highest BCUT2D eigenvalue weighted by Crippen LogP contribution is 2.25. The summed E-state index contributed by atoms with van der Waals surface area (Å²) in [6.45, 7) is 0. The minimum atomic E-state index is -0.993. The van der Waals surface area contributed by atoms with E-state index in [1.54, 1.807) is 24.3 Å². The molecule has 0 saturated carbocycles. The summed E-state index contributed by atoms with van der Waals surface area (Å²) in [6, 6.07) is 12.2. The van der Waals surface area contributed by atoms with Crippen molar-refractivity contribution < 1.29 is 9.90 Å². The number of hydrogen-bond donors (Lipinski definition) is 1. The third-order valence-corrected chi connectivity index (χ3v) is 3.28. The molecule has 3 aromatic rings. The Labute approximate surface area is 125 Å². The van der Waals surface area contributed by atoms with E-state index < -0.39 is 5.97 Å². The molecule has 0 amide bonds. The lowest BCUT2D eigenvalue weighted by atomic mass is 10.0. The second-order valence-corrected chi connectivity index (χ2v) is 4.86. The van der Waals surface area contributed by atoms with Crippen LogP contribution >= 0.6 is 11.6 Å². The normalized spacial score (nSPS) is 10.5. The highest BCUT2D eigenvalue weighted by atomic mass is 35.5. The molecule has 2 aromatic carbocycles. The molecular formula is C15H10ClN3O2. The van der Waals surface area contributed by atoms with Crippen LogP contribution in [0.15, 0.2) is 55.1 Å². The van der Waals surface area contributed by atoms with Crippen LogP contribution in [0.4, 0.5) is 0 Å². The van der Waals surface area contributed by atoms with E-state index in [0.717, 1.165) is 11.1 Å². The van der Waals surface area contributed by atoms with Crippen LogP contribution in [0.2, 0.25) is 5.02 Å². The van der Waals surface area contributed by atoms with Crippen LogP contribution in [0.3, 0.4) is 0 Å². The van der Waals surface area contributed by atoms with Crippen LogP contribution < -0.4 is 0 Å². The predicted octanol–water partition coefficient (Wildman–Crippen LogP) is 3.29. The maximum atomic E-state index is 11.3. The molecular weight excluding hydrogens is 290 g/mol. The number of aromatic nitrogens is 3. The zero-order valence-electron chi connectivity index (χ0n) is 10.8. The highest BCUT2D eigenvalue weighted by Gasteiger charge is 2.10. The lowest BCUT2D eigenvalue weighted by Crippen LogP contribution is -2.01. The molecule has 3 rings (SSSR count). The molecule has 104 valence electrons. The number of halogens is 1. The van der Waals surface area contributed by atoms with Crippen LogP contribution in [0.1, 0.15) is 10.4 Å². The standard InChI is InChI=1S/C15H10ClN3O2/c16-13-3-1-10(2-4-13)11-5-12(15(20)21)7-14(6-11)19-9-17-8-18-19/h1-9H,(H,20,21). The molecule has 0 fully saturated rings. The van der Waals surface area contributed by atoms with Gasteiger partial charge >= 0.3 is 5.97 Å². The minimum Gasteiger partial charge on any atom is -0.478 e. The molecule has 1 heterocycles. The molecule has 1 aromatic heterocycles. The third-order valence-electron chi connectivity index (χ3n) is 3.03. The second kappa shape index (κ2) is 5.38. The third kappa shape index (κ3) is 2.78. The number of carbonyl (C=O) groups is 1. The van der Waals surface area contributed by atoms with Crippen molar-refractivity contribution in [3.05, 3.63) is 65.7 Å². The van der Waals surface area contributed by atoms with E-state index in [1.807, 2.05) is 18.2 Å². The summed E-state index contributed by atoms with van der Waals surface area (Å²) in [6.07, 6.45) is 2.92. The van der Waals surface area contributed by atoms with Gasteiger partial charge in [0.15, 0.2) is 0 Å². The maximum Gasteiger partial charge on any atom is 0.335 e. The summed E-state index contributed by atoms with van der Waals surface area (Å²) in [5.74, 6) is -0.993. The van der Waals surface area contributed by atoms with Crippen molar-refractivity contribution in [2.24, 2.45) is 0 Å². The quantitative estimate of drug-likeness (QED) is 0.806. The van der Waals surface area contributed by atoms with Gasteiger partial charge in [-0.3, -0.25) is 0 Å². The molecule has 21 heavy (non-hydrogen) atoms. The summed E-state index contributed by atoms with van der Waals surface area (Å²) < 4.78 is 1.52. The Kier molecular flexibility index (Phi) is 3.41. The Morgan fingerprint density at radius 1 is 1.10 bits per heavy atom. The van der Waals surface area contributed by atoms with Gasteiger partial charge in [0.25, 0.3) is 0 Å². The summed E-state index contributed by atoms with van der Waals surface area (Å²) >= 11 is 5.88. The Bertz CT molecular complexity index is 783. The van der Waals surface area contributed by atoms with Crippen LogP contribution in [-0.4, -0.2) is 25.8 Å². The maximum absolute atomic E-state index is 11.3. The minimum absolute atomic E-state index is 0.188. The van der Waals surface area contributed by atoms with Gasteiger partial charge in [0.2, 0.25) is 0 Å². The molecule has 0 aliphatic heterocycles. The van der Waals surface area contributed by atoms with Gasteiger partial charge in [-0.25, -0.2) is 14.5 Å². The molecule has 0 unspecified atom stereocenters. The van der Waals surface area contributed by atoms with E-state index in [-0.39, 0.29) is 5.56 Å². The zero-order valence-corrected chi connectivity index (χ0v) is 11.5. The van der Waals surface area contributed by atoms with Gasteiger partial charge in [0, 0.05) is 5.02 Å². The van der Waals surface area contributed by atoms with E-state index in [2.05, 4.69) is 10.1 Å². The van der Waals surface area contributed by atoms with Crippen molar-refractivity contribution >= 4 is 17.6 Å². The fraction of sp³-hybridized carbons (Fsp3) is 0. The first-order valence-electron chi connectivity index (χ1n) is 6.13. The number of hydrogen-bond acceptors (Lipinski definition) is 3. The molecule has 0 aliphatic rings. The number of carboxylic acids is 1. The molecule has 0 radical (unpaired) electrons. The summed E-state index contributed by atoms with van der Waals surface area (Å²) in [5.41, 5.74) is 2.48. The van der Waals surface area contributed by atoms with E-state index in [0.29, 0.717) is 10.7 Å². The molecule has 0 atom stereocenters. The molecule has 6 heteroatoms. The highest BCUT2D eigenvalue weighted by molar-refractivity contribution is 6.30. The van der Waals surface area contributed by atoms with Crippen molar-refractivity contribution in [1.29, 1.82) is 0 Å². The van der Waals surface area contributed by atoms with E-state index >= 15 is 0 Å². The van der Waals surface area contributed by atoms with Crippen molar-refractivity contribution in [2.45, 2.75) is 0 Å². The van der Waals surface area contributed by atoms with Gasteiger partial charge in [0.05, 0.1) is 11.3 Å². The molecule has 0 spiro atoms. The number of rotatable bonds is 3. The van der Waals surface area contributed by atoms with Crippen molar-refractivity contribution in [2.75, 3.05) is 0 Å². The van der Waals surface area contributed by atoms with Gasteiger partial charge in [0.1, 0.15) is 12.7 Å². The Balaban J connectivity index is 2.16. The lowest BCUT2D eigenvalue weighted by Gasteiger charge is -2.08. The van der Waals surface area contributed by atoms with Gasteiger partial charge < -0.3 is 5.11 Å². The fourth-order valence-electron chi connectivity index (χ4n) is 2.02. The largest absolute Gasteiger partial charge is 0.478 e. The SMILES string of the molecule is O=C(O)c1cc(-c2ccc(Cl)cc2)cc(-n2cncn2)c1. The predicted molar refractivity (Wildman–Crippen MR) is 78.8 cm³/mol. The van der Waals surface area contributed by atoms with Gasteiger partial charge in [-0.05, 0) is 41.5 Å². The Morgan fingerprint density at radius 3 is 2.48 bits per heavy atom. The van der Waals surface area contributed by atoms with Gasteiger partial charge in [-0.15, -0.1) is 0 Å². The average molecular weight is 300 g/mol. The van der Waals surface area contributed by atoms with Crippen LogP contribution in [0.5, 0.6) is 0 Å². The van der Waals surface area contributed by atoms with Crippen LogP contribution in [0.25, 0.3) is 16.8 Å². The lowest BCUT2D eigenvalue weighted by molar-refractivity contribution is 0.0697. The number of benzene rings is 2. The van der Waals surface area contributed by atoms with Crippen LogP contribution in [0, 0.1) is 0 Å². The van der Waals surface area contributed by atoms with E-state index in [1.165, 1.54) is 17.3 Å². The average Bonchev–Trinajstić information content (AvgIpc) is 3.02. The first-order valence-corrected chi connectivity index (χ1v) is 6.50. The van der Waals surface area contributed by atoms with E-state index in [9.17, 15) is 9.90 Å². The van der Waals surface area contributed by atoms with Crippen LogP contribution in [-0.2, 0) is 0 Å². The topological polar surface area (TPSA) is 68.0 Å². The summed E-state index contributed by atoms with van der Waals surface area (Å²) in [7, 11) is 0. The smallest absolute Gasteiger partial charge is 0.335 e. The van der Waals surface area contributed by atoms with E-state index in [4.69, 9.17) is 11.6 Å². The van der Waals surface area contributed by atoms with Gasteiger partial charge in [-0.1, -0.05) is 23.7 Å². The molecule has 0 aliphatic carbocycles. The first-order chi connectivity index (χ1) is 10.1. The monoisotopic (exact) mass is 299 g/mol. The van der Waals surface area contributed by atoms with Crippen molar-refractivity contribution in [1.82, 2.24) is 14.8 Å². The number of carboxylic acid groups (broad SMARTS) is 1. The first kappa shape index (κ1) is 13.3. The fourth-order valence-corrected chi connectivity index (χ4v) is 2.14. The summed E-state index contributed by atoms with van der Waals surface area (Å²) in [4.78, 5) is 15.2. The molecule has 0 saturated heterocycles. The molecule has 5 nitrogen and oxygen atoms in total. The summed E-state index contributed by atoms with van der Waals surface area (Å²) in [5, 5.41) is 13.9. The van der Waals surface area contributed by atoms with Crippen molar-refractivity contribution in [3.8, 4) is 16.8 Å². The molecule has 0 bridgehead atoms. The molecule has 1 N–H and O–H groups in total. The van der Waals surface area contributed by atoms with Crippen molar-refractivity contribution in [3.63, 3.8) is 0 Å². The number of nitrogens with zero attached hydrogens (tertiary/aromatic N) is 3. The zero-order chi connectivity index (χ0) is 14.8.